The van der Waals surface area contributed by atoms with Gasteiger partial charge in [0.05, 0.1) is 9.75 Å². The quantitative estimate of drug-likeness (QED) is 0.410. The summed E-state index contributed by atoms with van der Waals surface area (Å²) in [6.45, 7) is 13.6. The van der Waals surface area contributed by atoms with Crippen LogP contribution in [0.5, 0.6) is 0 Å². The number of hydrogen-bond donors (Lipinski definition) is 0. The Labute approximate surface area is 120 Å². The van der Waals surface area contributed by atoms with Crippen LogP contribution in [0.4, 0.5) is 0 Å². The first kappa shape index (κ1) is 13.1. The minimum atomic E-state index is -0.325. The number of rotatable bonds is 0. The van der Waals surface area contributed by atoms with Gasteiger partial charge in [-0.3, -0.25) is 0 Å². The Kier molecular flexibility index (Phi) is 2.20. The van der Waals surface area contributed by atoms with E-state index >= 15 is 0 Å². The van der Waals surface area contributed by atoms with Crippen molar-refractivity contribution in [2.75, 3.05) is 0 Å². The molecule has 0 saturated heterocycles. The van der Waals surface area contributed by atoms with E-state index in [1.54, 1.807) is 0 Å². The van der Waals surface area contributed by atoms with Gasteiger partial charge in [-0.1, -0.05) is 25.0 Å². The van der Waals surface area contributed by atoms with Gasteiger partial charge in [0.25, 0.3) is 0 Å². The van der Waals surface area contributed by atoms with Crippen LogP contribution in [0.1, 0.15) is 54.4 Å². The van der Waals surface area contributed by atoms with Gasteiger partial charge in [0.1, 0.15) is 0 Å². The highest BCUT2D eigenvalue weighted by Gasteiger charge is 2.73. The van der Waals surface area contributed by atoms with E-state index in [1.165, 1.54) is 22.3 Å². The van der Waals surface area contributed by atoms with Crippen LogP contribution < -0.4 is 0 Å². The number of fused-ring (bicyclic) bond motifs is 2. The zero-order chi connectivity index (χ0) is 13.7. The van der Waals surface area contributed by atoms with Crippen molar-refractivity contribution in [1.29, 1.82) is 0 Å². The number of halogens is 2. The van der Waals surface area contributed by atoms with Gasteiger partial charge in [0.15, 0.2) is 0 Å². The minimum absolute atomic E-state index is 0.221. The monoisotopic (exact) mass is 284 g/mol. The van der Waals surface area contributed by atoms with E-state index in [2.05, 4.69) is 41.5 Å². The average Bonchev–Trinajstić information content (AvgIpc) is 2.33. The smallest absolute Gasteiger partial charge is 0.0893 e. The lowest BCUT2D eigenvalue weighted by atomic mass is 9.37. The molecule has 0 radical (unpaired) electrons. The third-order valence-corrected chi connectivity index (χ3v) is 8.59. The molecule has 1 saturated carbocycles. The average molecular weight is 285 g/mol. The summed E-state index contributed by atoms with van der Waals surface area (Å²) < 4.78 is 0. The summed E-state index contributed by atoms with van der Waals surface area (Å²) in [5, 5.41) is 0. The molecule has 4 atom stereocenters. The highest BCUT2D eigenvalue weighted by molar-refractivity contribution is 6.40. The maximum atomic E-state index is 6.94. The summed E-state index contributed by atoms with van der Waals surface area (Å²) in [7, 11) is 0. The van der Waals surface area contributed by atoms with E-state index in [9.17, 15) is 0 Å². The molecule has 2 heteroatoms. The molecule has 0 aromatic rings. The van der Waals surface area contributed by atoms with Gasteiger partial charge in [-0.05, 0) is 62.5 Å². The largest absolute Gasteiger partial charge is 0.112 e. The zero-order valence-electron chi connectivity index (χ0n) is 12.2. The van der Waals surface area contributed by atoms with Crippen LogP contribution in [0.15, 0.2) is 22.3 Å². The third-order valence-electron chi connectivity index (χ3n) is 7.01. The third kappa shape index (κ3) is 0.946. The van der Waals surface area contributed by atoms with Crippen LogP contribution in [0.2, 0.25) is 0 Å². The fraction of sp³-hybridized carbons (Fsp3) is 0.750. The lowest BCUT2D eigenvalue weighted by Crippen LogP contribution is -2.69. The Morgan fingerprint density at radius 3 is 1.22 bits per heavy atom. The second-order valence-electron chi connectivity index (χ2n) is 7.12. The maximum Gasteiger partial charge on any atom is 0.0893 e. The van der Waals surface area contributed by atoms with E-state index in [0.717, 1.165) is 12.8 Å². The Balaban J connectivity index is 2.16. The van der Waals surface area contributed by atoms with E-state index < -0.39 is 0 Å². The molecule has 1 fully saturated rings. The van der Waals surface area contributed by atoms with E-state index in [1.807, 2.05) is 0 Å². The fourth-order valence-corrected chi connectivity index (χ4v) is 6.13. The van der Waals surface area contributed by atoms with Crippen molar-refractivity contribution in [3.05, 3.63) is 22.3 Å². The SMILES string of the molecule is CC1=C(C)[C@]2(C)C[C@]3(Cl)C(C)=C(C)[C@]3(Cl)C[C@@]12C. The predicted molar refractivity (Wildman–Crippen MR) is 79.4 cm³/mol. The first-order valence-electron chi connectivity index (χ1n) is 6.79. The first-order chi connectivity index (χ1) is 8.04. The van der Waals surface area contributed by atoms with Crippen molar-refractivity contribution in [2.45, 2.75) is 64.1 Å². The molecule has 0 amide bonds. The first-order valence-corrected chi connectivity index (χ1v) is 7.55. The van der Waals surface area contributed by atoms with Crippen LogP contribution in [0, 0.1) is 10.8 Å². The molecule has 0 spiro atoms. The minimum Gasteiger partial charge on any atom is -0.112 e. The van der Waals surface area contributed by atoms with Crippen molar-refractivity contribution >= 4 is 23.2 Å². The molecule has 0 aliphatic heterocycles. The number of hydrogen-bond acceptors (Lipinski definition) is 0. The van der Waals surface area contributed by atoms with Gasteiger partial charge < -0.3 is 0 Å². The zero-order valence-corrected chi connectivity index (χ0v) is 13.7. The molecule has 0 aromatic heterocycles. The lowest BCUT2D eigenvalue weighted by molar-refractivity contribution is 0.00364. The maximum absolute atomic E-state index is 6.94. The second-order valence-corrected chi connectivity index (χ2v) is 8.41. The summed E-state index contributed by atoms with van der Waals surface area (Å²) in [6.07, 6.45) is 1.96. The standard InChI is InChI=1S/C16H22Cl2/c1-9-10(2)14(6)8-16(18)12(4)11(3)15(16,17)7-13(9,14)5/h7-8H2,1-6H3/t13-,14-,15-,16+/m0/s1. The predicted octanol–water partition coefficient (Wildman–Crippen LogP) is 5.45. The molecule has 3 rings (SSSR count). The topological polar surface area (TPSA) is 0 Å². The van der Waals surface area contributed by atoms with Gasteiger partial charge in [-0.25, -0.2) is 0 Å². The molecular weight excluding hydrogens is 263 g/mol. The van der Waals surface area contributed by atoms with Crippen molar-refractivity contribution in [2.24, 2.45) is 10.8 Å². The molecule has 0 nitrogen and oxygen atoms in total. The van der Waals surface area contributed by atoms with E-state index in [-0.39, 0.29) is 20.6 Å². The molecule has 0 N–H and O–H groups in total. The van der Waals surface area contributed by atoms with Crippen molar-refractivity contribution < 1.29 is 0 Å². The van der Waals surface area contributed by atoms with Crippen LogP contribution in [0.3, 0.4) is 0 Å². The highest BCUT2D eigenvalue weighted by Crippen LogP contribution is 2.77. The summed E-state index contributed by atoms with van der Waals surface area (Å²) >= 11 is 13.9. The fourth-order valence-electron chi connectivity index (χ4n) is 4.89. The van der Waals surface area contributed by atoms with Crippen molar-refractivity contribution in [3.8, 4) is 0 Å². The number of allylic oxidation sites excluding steroid dienone is 4. The Morgan fingerprint density at radius 2 is 0.944 bits per heavy atom. The molecule has 3 aliphatic rings. The van der Waals surface area contributed by atoms with Gasteiger partial charge in [0.2, 0.25) is 0 Å². The molecule has 0 unspecified atom stereocenters. The second kappa shape index (κ2) is 3.04. The molecular formula is C16H22Cl2. The Morgan fingerprint density at radius 1 is 0.667 bits per heavy atom. The van der Waals surface area contributed by atoms with Crippen LogP contribution in [-0.2, 0) is 0 Å². The van der Waals surface area contributed by atoms with Gasteiger partial charge in [-0.2, -0.15) is 0 Å². The molecule has 0 bridgehead atoms. The Bertz CT molecular complexity index is 437. The van der Waals surface area contributed by atoms with Crippen LogP contribution >= 0.6 is 23.2 Å². The summed E-state index contributed by atoms with van der Waals surface area (Å²) in [5.74, 6) is 0. The lowest BCUT2D eigenvalue weighted by Gasteiger charge is -2.71. The summed E-state index contributed by atoms with van der Waals surface area (Å²) in [6, 6.07) is 0. The van der Waals surface area contributed by atoms with Crippen LogP contribution in [0.25, 0.3) is 0 Å². The van der Waals surface area contributed by atoms with Crippen molar-refractivity contribution in [1.82, 2.24) is 0 Å². The van der Waals surface area contributed by atoms with E-state index in [4.69, 9.17) is 23.2 Å². The molecule has 0 heterocycles. The van der Waals surface area contributed by atoms with Crippen LogP contribution in [-0.4, -0.2) is 9.75 Å². The normalized spacial score (nSPS) is 54.7. The Hall–Kier alpha value is 0.0600. The molecule has 0 aromatic carbocycles. The summed E-state index contributed by atoms with van der Waals surface area (Å²) in [5.41, 5.74) is 6.11. The number of alkyl halides is 2. The van der Waals surface area contributed by atoms with Gasteiger partial charge >= 0.3 is 0 Å². The molecule has 18 heavy (non-hydrogen) atoms. The van der Waals surface area contributed by atoms with Gasteiger partial charge in [-0.15, -0.1) is 23.2 Å². The highest BCUT2D eigenvalue weighted by atomic mass is 35.5. The van der Waals surface area contributed by atoms with Gasteiger partial charge in [0, 0.05) is 0 Å². The van der Waals surface area contributed by atoms with Crippen molar-refractivity contribution in [3.63, 3.8) is 0 Å². The molecule has 100 valence electrons. The summed E-state index contributed by atoms with van der Waals surface area (Å²) in [4.78, 5) is -0.649. The van der Waals surface area contributed by atoms with E-state index in [0.29, 0.717) is 0 Å². The molecule has 3 aliphatic carbocycles.